The van der Waals surface area contributed by atoms with Gasteiger partial charge in [0.1, 0.15) is 0 Å². The van der Waals surface area contributed by atoms with Crippen LogP contribution in [0, 0.1) is 0 Å². The Kier molecular flexibility index (Phi) is 4.29. The summed E-state index contributed by atoms with van der Waals surface area (Å²) in [5.74, 6) is 0.240. The molecule has 7 heteroatoms. The number of hydrogen-bond acceptors (Lipinski definition) is 5. The van der Waals surface area contributed by atoms with Gasteiger partial charge in [0.25, 0.3) is 0 Å². The predicted octanol–water partition coefficient (Wildman–Crippen LogP) is 0.770. The lowest BCUT2D eigenvalue weighted by Crippen LogP contribution is -2.30. The molecule has 0 saturated heterocycles. The molecule has 2 atom stereocenters. The van der Waals surface area contributed by atoms with Crippen LogP contribution in [0.25, 0.3) is 0 Å². The molecule has 0 bridgehead atoms. The van der Waals surface area contributed by atoms with Gasteiger partial charge in [0.05, 0.1) is 12.1 Å². The van der Waals surface area contributed by atoms with E-state index in [0.29, 0.717) is 23.8 Å². The summed E-state index contributed by atoms with van der Waals surface area (Å²) in [6, 6.07) is 7.62. The minimum absolute atomic E-state index is 0.164. The molecule has 0 saturated carbocycles. The average molecular weight is 289 g/mol. The molecule has 0 fully saturated rings. The Labute approximate surface area is 110 Å². The molecule has 1 aliphatic rings. The van der Waals surface area contributed by atoms with Gasteiger partial charge >= 0.3 is 9.15 Å². The van der Waals surface area contributed by atoms with Crippen molar-refractivity contribution in [3.05, 3.63) is 35.4 Å². The van der Waals surface area contributed by atoms with E-state index in [1.165, 1.54) is 0 Å². The highest BCUT2D eigenvalue weighted by molar-refractivity contribution is 8.69. The maximum Gasteiger partial charge on any atom is 0.319 e. The number of fused-ring (bicyclic) bond motifs is 1. The number of hydrogen-bond donors (Lipinski definition) is 3. The largest absolute Gasteiger partial charge is 0.391 e. The molecular weight excluding hydrogens is 274 g/mol. The van der Waals surface area contributed by atoms with Crippen LogP contribution in [0.15, 0.2) is 24.3 Å². The maximum atomic E-state index is 10.5. The van der Waals surface area contributed by atoms with Crippen LogP contribution >= 0.6 is 10.8 Å². The molecule has 0 radical (unpaired) electrons. The highest BCUT2D eigenvalue weighted by Gasteiger charge is 2.29. The third kappa shape index (κ3) is 3.46. The number of aliphatic hydroxyl groups is 1. The van der Waals surface area contributed by atoms with Crippen LogP contribution in [-0.2, 0) is 15.6 Å². The first-order valence-corrected chi connectivity index (χ1v) is 8.53. The molecule has 100 valence electrons. The van der Waals surface area contributed by atoms with Crippen LogP contribution in [0.5, 0.6) is 0 Å². The molecular formula is C11H15NO4S2. The third-order valence-electron chi connectivity index (χ3n) is 2.90. The van der Waals surface area contributed by atoms with Crippen molar-refractivity contribution in [1.29, 1.82) is 0 Å². The Morgan fingerprint density at radius 2 is 2.11 bits per heavy atom. The second-order valence-electron chi connectivity index (χ2n) is 4.15. The highest BCUT2D eigenvalue weighted by Crippen LogP contribution is 2.31. The summed E-state index contributed by atoms with van der Waals surface area (Å²) >= 11 is 0. The summed E-state index contributed by atoms with van der Waals surface area (Å²) in [5, 5.41) is 13.0. The van der Waals surface area contributed by atoms with Crippen LogP contribution in [0.4, 0.5) is 0 Å². The Hall–Kier alpha value is -0.600. The fourth-order valence-electron chi connectivity index (χ4n) is 2.18. The van der Waals surface area contributed by atoms with Gasteiger partial charge in [-0.1, -0.05) is 24.3 Å². The van der Waals surface area contributed by atoms with E-state index in [2.05, 4.69) is 5.32 Å². The van der Waals surface area contributed by atoms with Gasteiger partial charge < -0.3 is 10.4 Å². The number of aliphatic hydroxyl groups excluding tert-OH is 1. The van der Waals surface area contributed by atoms with Crippen LogP contribution in [0.3, 0.4) is 0 Å². The molecule has 18 heavy (non-hydrogen) atoms. The normalized spacial score (nSPS) is 23.0. The summed E-state index contributed by atoms with van der Waals surface area (Å²) in [6.07, 6.45) is 0.123. The zero-order valence-electron chi connectivity index (χ0n) is 9.61. The summed E-state index contributed by atoms with van der Waals surface area (Å²) < 4.78 is 29.6. The lowest BCUT2D eigenvalue weighted by Gasteiger charge is -2.17. The molecule has 0 aromatic heterocycles. The maximum absolute atomic E-state index is 10.5. The zero-order chi connectivity index (χ0) is 13.2. The highest BCUT2D eigenvalue weighted by atomic mass is 33.1. The topological polar surface area (TPSA) is 86.6 Å². The van der Waals surface area contributed by atoms with Crippen LogP contribution in [-0.4, -0.2) is 36.5 Å². The molecule has 0 heterocycles. The van der Waals surface area contributed by atoms with Gasteiger partial charge in [0.15, 0.2) is 0 Å². The summed E-state index contributed by atoms with van der Waals surface area (Å²) in [7, 11) is -3.50. The van der Waals surface area contributed by atoms with Gasteiger partial charge in [-0.25, -0.2) is 0 Å². The van der Waals surface area contributed by atoms with Crippen molar-refractivity contribution in [3.63, 3.8) is 0 Å². The molecule has 2 unspecified atom stereocenters. The quantitative estimate of drug-likeness (QED) is 0.422. The van der Waals surface area contributed by atoms with Crippen molar-refractivity contribution in [2.75, 3.05) is 12.3 Å². The Bertz CT molecular complexity index is 518. The van der Waals surface area contributed by atoms with Crippen LogP contribution < -0.4 is 5.32 Å². The lowest BCUT2D eigenvalue weighted by molar-refractivity contribution is 0.142. The second-order valence-corrected chi connectivity index (χ2v) is 7.62. The molecule has 0 spiro atoms. The predicted molar refractivity (Wildman–Crippen MR) is 70.9 cm³/mol. The Morgan fingerprint density at radius 3 is 2.83 bits per heavy atom. The first kappa shape index (κ1) is 13.8. The average Bonchev–Trinajstić information content (AvgIpc) is 2.59. The Morgan fingerprint density at radius 1 is 1.39 bits per heavy atom. The van der Waals surface area contributed by atoms with Gasteiger partial charge in [-0.2, -0.15) is 8.42 Å². The number of benzene rings is 1. The van der Waals surface area contributed by atoms with E-state index < -0.39 is 15.3 Å². The SMILES string of the molecule is O=S(=O)(O)SCCNC1c2ccccc2CC1O. The van der Waals surface area contributed by atoms with E-state index in [9.17, 15) is 13.5 Å². The van der Waals surface area contributed by atoms with Crippen molar-refractivity contribution in [2.24, 2.45) is 0 Å². The fraction of sp³-hybridized carbons (Fsp3) is 0.455. The van der Waals surface area contributed by atoms with E-state index >= 15 is 0 Å². The zero-order valence-corrected chi connectivity index (χ0v) is 11.2. The molecule has 1 aromatic carbocycles. The van der Waals surface area contributed by atoms with E-state index in [0.717, 1.165) is 11.1 Å². The van der Waals surface area contributed by atoms with Crippen molar-refractivity contribution < 1.29 is 18.1 Å². The minimum atomic E-state index is -3.98. The number of nitrogens with one attached hydrogen (secondary N) is 1. The summed E-state index contributed by atoms with van der Waals surface area (Å²) in [4.78, 5) is 0. The van der Waals surface area contributed by atoms with Crippen LogP contribution in [0.2, 0.25) is 0 Å². The van der Waals surface area contributed by atoms with E-state index in [4.69, 9.17) is 4.55 Å². The van der Waals surface area contributed by atoms with Gasteiger partial charge in [-0.05, 0) is 21.9 Å². The van der Waals surface area contributed by atoms with Gasteiger partial charge in [-0.3, -0.25) is 4.55 Å². The smallest absolute Gasteiger partial charge is 0.319 e. The van der Waals surface area contributed by atoms with Gasteiger partial charge in [0, 0.05) is 18.7 Å². The first-order chi connectivity index (χ1) is 8.47. The fourth-order valence-corrected chi connectivity index (χ4v) is 3.47. The van der Waals surface area contributed by atoms with E-state index in [1.54, 1.807) is 0 Å². The molecule has 2 rings (SSSR count). The molecule has 1 aliphatic carbocycles. The van der Waals surface area contributed by atoms with Crippen molar-refractivity contribution in [1.82, 2.24) is 5.32 Å². The minimum Gasteiger partial charge on any atom is -0.391 e. The molecule has 3 N–H and O–H groups in total. The number of rotatable bonds is 5. The second kappa shape index (κ2) is 5.58. The lowest BCUT2D eigenvalue weighted by atomic mass is 10.1. The van der Waals surface area contributed by atoms with Gasteiger partial charge in [0.2, 0.25) is 0 Å². The molecule has 0 aliphatic heterocycles. The summed E-state index contributed by atoms with van der Waals surface area (Å²) in [6.45, 7) is 0.403. The molecule has 1 aromatic rings. The van der Waals surface area contributed by atoms with Crippen LogP contribution in [0.1, 0.15) is 17.2 Å². The molecule has 0 amide bonds. The van der Waals surface area contributed by atoms with E-state index in [-0.39, 0.29) is 11.8 Å². The third-order valence-corrected chi connectivity index (χ3v) is 4.96. The van der Waals surface area contributed by atoms with Crippen molar-refractivity contribution >= 4 is 19.9 Å². The van der Waals surface area contributed by atoms with Crippen molar-refractivity contribution in [3.8, 4) is 0 Å². The first-order valence-electron chi connectivity index (χ1n) is 5.58. The van der Waals surface area contributed by atoms with Gasteiger partial charge in [-0.15, -0.1) is 0 Å². The van der Waals surface area contributed by atoms with Crippen molar-refractivity contribution in [2.45, 2.75) is 18.6 Å². The standard InChI is InChI=1S/C11H15NO4S2/c13-10-7-8-3-1-2-4-9(8)11(10)12-5-6-17-18(14,15)16/h1-4,10-13H,5-7H2,(H,14,15,16). The monoisotopic (exact) mass is 289 g/mol. The molecule has 5 nitrogen and oxygen atoms in total. The Balaban J connectivity index is 1.90. The van der Waals surface area contributed by atoms with E-state index in [1.807, 2.05) is 24.3 Å². The summed E-state index contributed by atoms with van der Waals surface area (Å²) in [5.41, 5.74) is 2.17.